The molecule has 5 atom stereocenters. The van der Waals surface area contributed by atoms with Crippen LogP contribution in [0.3, 0.4) is 0 Å². The Bertz CT molecular complexity index is 296. The lowest BCUT2D eigenvalue weighted by Gasteiger charge is -2.43. The molecule has 2 fully saturated rings. The molecular weight excluding hydrogens is 246 g/mol. The molecule has 20 heavy (non-hydrogen) atoms. The zero-order chi connectivity index (χ0) is 14.8. The third kappa shape index (κ3) is 4.21. The Morgan fingerprint density at radius 3 is 2.40 bits per heavy atom. The van der Waals surface area contributed by atoms with Crippen LogP contribution in [0.2, 0.25) is 0 Å². The highest BCUT2D eigenvalue weighted by atomic mass is 16.5. The quantitative estimate of drug-likeness (QED) is 0.825. The number of rotatable bonds is 4. The zero-order valence-corrected chi connectivity index (χ0v) is 14.2. The molecule has 2 aliphatic rings. The fourth-order valence-electron chi connectivity index (χ4n) is 4.24. The number of hydrogen-bond donors (Lipinski definition) is 1. The summed E-state index contributed by atoms with van der Waals surface area (Å²) in [5.41, 5.74) is 0.458. The Labute approximate surface area is 126 Å². The molecule has 1 saturated heterocycles. The van der Waals surface area contributed by atoms with Gasteiger partial charge in [0.15, 0.2) is 0 Å². The van der Waals surface area contributed by atoms with Gasteiger partial charge in [-0.2, -0.15) is 0 Å². The van der Waals surface area contributed by atoms with Gasteiger partial charge in [-0.25, -0.2) is 0 Å². The summed E-state index contributed by atoms with van der Waals surface area (Å²) >= 11 is 0. The Hall–Kier alpha value is -0.0800. The summed E-state index contributed by atoms with van der Waals surface area (Å²) in [5.74, 6) is 1.68. The maximum Gasteiger partial charge on any atom is 0.0583 e. The molecule has 1 aliphatic heterocycles. The first-order valence-corrected chi connectivity index (χ1v) is 8.79. The molecule has 1 N–H and O–H groups in total. The molecule has 2 rings (SSSR count). The van der Waals surface area contributed by atoms with Crippen molar-refractivity contribution < 1.29 is 4.74 Å². The Balaban J connectivity index is 1.95. The van der Waals surface area contributed by atoms with Gasteiger partial charge in [0, 0.05) is 6.04 Å². The summed E-state index contributed by atoms with van der Waals surface area (Å²) in [5, 5.41) is 3.74. The predicted molar refractivity (Wildman–Crippen MR) is 85.9 cm³/mol. The highest BCUT2D eigenvalue weighted by molar-refractivity contribution is 4.90. The van der Waals surface area contributed by atoms with Gasteiger partial charge in [0.25, 0.3) is 0 Å². The molecule has 0 aromatic rings. The van der Waals surface area contributed by atoms with Crippen LogP contribution in [0.1, 0.15) is 73.1 Å². The lowest BCUT2D eigenvalue weighted by Crippen LogP contribution is -2.44. The highest BCUT2D eigenvalue weighted by Crippen LogP contribution is 2.42. The van der Waals surface area contributed by atoms with E-state index >= 15 is 0 Å². The number of nitrogens with one attached hydrogen (secondary N) is 1. The molecule has 0 radical (unpaired) electrons. The predicted octanol–water partition coefficient (Wildman–Crippen LogP) is 4.38. The van der Waals surface area contributed by atoms with Crippen molar-refractivity contribution in [3.05, 3.63) is 0 Å². The van der Waals surface area contributed by atoms with E-state index in [0.29, 0.717) is 17.6 Å². The second-order valence-electron chi connectivity index (χ2n) is 8.18. The van der Waals surface area contributed by atoms with E-state index in [1.54, 1.807) is 0 Å². The normalized spacial score (nSPS) is 39.1. The minimum atomic E-state index is 0.458. The van der Waals surface area contributed by atoms with Crippen LogP contribution >= 0.6 is 0 Å². The van der Waals surface area contributed by atoms with E-state index in [2.05, 4.69) is 39.9 Å². The van der Waals surface area contributed by atoms with Gasteiger partial charge in [0.05, 0.1) is 12.2 Å². The fourth-order valence-corrected chi connectivity index (χ4v) is 4.24. The molecule has 1 heterocycles. The highest BCUT2D eigenvalue weighted by Gasteiger charge is 2.37. The van der Waals surface area contributed by atoms with Crippen LogP contribution in [0, 0.1) is 17.3 Å². The lowest BCUT2D eigenvalue weighted by atomic mass is 9.66. The van der Waals surface area contributed by atoms with Crippen LogP contribution < -0.4 is 5.32 Å². The molecule has 1 aliphatic carbocycles. The van der Waals surface area contributed by atoms with Crippen LogP contribution in [0.5, 0.6) is 0 Å². The van der Waals surface area contributed by atoms with Crippen LogP contribution in [-0.2, 0) is 4.74 Å². The number of ether oxygens (including phenoxy) is 1. The first kappa shape index (κ1) is 16.3. The second kappa shape index (κ2) is 6.79. The van der Waals surface area contributed by atoms with E-state index in [0.717, 1.165) is 24.4 Å². The maximum atomic E-state index is 6.08. The summed E-state index contributed by atoms with van der Waals surface area (Å²) in [7, 11) is 0. The summed E-state index contributed by atoms with van der Waals surface area (Å²) in [6.07, 6.45) is 8.93. The average Bonchev–Trinajstić information content (AvgIpc) is 2.76. The largest absolute Gasteiger partial charge is 0.375 e. The SMILES string of the molecule is CCNC1CCC(C(C)(C)C)CC1CC1CCC(C)O1. The van der Waals surface area contributed by atoms with Crippen molar-refractivity contribution in [1.82, 2.24) is 5.32 Å². The first-order valence-electron chi connectivity index (χ1n) is 8.79. The topological polar surface area (TPSA) is 21.3 Å². The molecule has 118 valence electrons. The van der Waals surface area contributed by atoms with Crippen molar-refractivity contribution >= 4 is 0 Å². The Kier molecular flexibility index (Phi) is 5.53. The van der Waals surface area contributed by atoms with Crippen molar-refractivity contribution in [3.8, 4) is 0 Å². The van der Waals surface area contributed by atoms with Crippen molar-refractivity contribution in [2.24, 2.45) is 17.3 Å². The molecular formula is C18H35NO. The molecule has 0 bridgehead atoms. The van der Waals surface area contributed by atoms with Crippen LogP contribution in [0.15, 0.2) is 0 Å². The van der Waals surface area contributed by atoms with Crippen molar-refractivity contribution in [2.75, 3.05) is 6.54 Å². The number of hydrogen-bond acceptors (Lipinski definition) is 2. The summed E-state index contributed by atoms with van der Waals surface area (Å²) in [6, 6.07) is 0.720. The Morgan fingerprint density at radius 1 is 1.10 bits per heavy atom. The second-order valence-corrected chi connectivity index (χ2v) is 8.18. The van der Waals surface area contributed by atoms with Crippen molar-refractivity contribution in [3.63, 3.8) is 0 Å². The minimum absolute atomic E-state index is 0.458. The van der Waals surface area contributed by atoms with E-state index < -0.39 is 0 Å². The van der Waals surface area contributed by atoms with Gasteiger partial charge in [-0.05, 0) is 69.2 Å². The molecule has 2 heteroatoms. The fraction of sp³-hybridized carbons (Fsp3) is 1.00. The molecule has 0 amide bonds. The Morgan fingerprint density at radius 2 is 1.85 bits per heavy atom. The van der Waals surface area contributed by atoms with E-state index in [1.807, 2.05) is 0 Å². The molecule has 2 nitrogen and oxygen atoms in total. The van der Waals surface area contributed by atoms with Gasteiger partial charge in [0.2, 0.25) is 0 Å². The van der Waals surface area contributed by atoms with Gasteiger partial charge in [-0.3, -0.25) is 0 Å². The smallest absolute Gasteiger partial charge is 0.0583 e. The molecule has 5 unspecified atom stereocenters. The van der Waals surface area contributed by atoms with E-state index in [1.165, 1.54) is 38.5 Å². The van der Waals surface area contributed by atoms with Gasteiger partial charge in [0.1, 0.15) is 0 Å². The van der Waals surface area contributed by atoms with Gasteiger partial charge >= 0.3 is 0 Å². The lowest BCUT2D eigenvalue weighted by molar-refractivity contribution is 0.0202. The van der Waals surface area contributed by atoms with E-state index in [4.69, 9.17) is 4.74 Å². The standard InChI is InChI=1S/C18H35NO/c1-6-19-17-10-8-15(18(3,4)5)11-14(17)12-16-9-7-13(2)20-16/h13-17,19H,6-12H2,1-5H3. The molecule has 1 saturated carbocycles. The summed E-state index contributed by atoms with van der Waals surface area (Å²) < 4.78 is 6.08. The molecule has 0 spiro atoms. The van der Waals surface area contributed by atoms with Crippen LogP contribution in [-0.4, -0.2) is 24.8 Å². The summed E-state index contributed by atoms with van der Waals surface area (Å²) in [6.45, 7) is 12.8. The zero-order valence-electron chi connectivity index (χ0n) is 14.2. The van der Waals surface area contributed by atoms with Crippen molar-refractivity contribution in [1.29, 1.82) is 0 Å². The minimum Gasteiger partial charge on any atom is -0.375 e. The molecule has 0 aromatic carbocycles. The average molecular weight is 281 g/mol. The summed E-state index contributed by atoms with van der Waals surface area (Å²) in [4.78, 5) is 0. The van der Waals surface area contributed by atoms with Gasteiger partial charge in [-0.1, -0.05) is 27.7 Å². The third-order valence-electron chi connectivity index (χ3n) is 5.56. The van der Waals surface area contributed by atoms with Crippen LogP contribution in [0.4, 0.5) is 0 Å². The van der Waals surface area contributed by atoms with E-state index in [9.17, 15) is 0 Å². The third-order valence-corrected chi connectivity index (χ3v) is 5.56. The van der Waals surface area contributed by atoms with Crippen molar-refractivity contribution in [2.45, 2.75) is 91.4 Å². The van der Waals surface area contributed by atoms with Gasteiger partial charge in [-0.15, -0.1) is 0 Å². The van der Waals surface area contributed by atoms with Gasteiger partial charge < -0.3 is 10.1 Å². The van der Waals surface area contributed by atoms with Crippen LogP contribution in [0.25, 0.3) is 0 Å². The monoisotopic (exact) mass is 281 g/mol. The first-order chi connectivity index (χ1) is 9.40. The van der Waals surface area contributed by atoms with E-state index in [-0.39, 0.29) is 0 Å². The maximum absolute atomic E-state index is 6.08. The molecule has 0 aromatic heterocycles.